The summed E-state index contributed by atoms with van der Waals surface area (Å²) >= 11 is 0. The standard InChI is InChI=1S/C13H14F3NO2/c14-9-4-8(5-10(15)12(9)16)11(6-18)17-13(19)7-2-1-3-7/h4-5,7,11,18H,1-3,6H2,(H,17,19). The smallest absolute Gasteiger partial charge is 0.223 e. The molecular weight excluding hydrogens is 259 g/mol. The van der Waals surface area contributed by atoms with Crippen LogP contribution >= 0.6 is 0 Å². The van der Waals surface area contributed by atoms with Crippen LogP contribution in [0.25, 0.3) is 0 Å². The van der Waals surface area contributed by atoms with Gasteiger partial charge in [-0.25, -0.2) is 13.2 Å². The summed E-state index contributed by atoms with van der Waals surface area (Å²) in [5, 5.41) is 11.7. The van der Waals surface area contributed by atoms with E-state index in [1.54, 1.807) is 0 Å². The first-order valence-electron chi connectivity index (χ1n) is 6.08. The van der Waals surface area contributed by atoms with E-state index in [1.165, 1.54) is 0 Å². The van der Waals surface area contributed by atoms with Gasteiger partial charge in [0.2, 0.25) is 5.91 Å². The van der Waals surface area contributed by atoms with Crippen LogP contribution in [0.5, 0.6) is 0 Å². The van der Waals surface area contributed by atoms with Gasteiger partial charge in [-0.15, -0.1) is 0 Å². The molecule has 6 heteroatoms. The highest BCUT2D eigenvalue weighted by Gasteiger charge is 2.27. The summed E-state index contributed by atoms with van der Waals surface area (Å²) in [5.41, 5.74) is 0.00609. The van der Waals surface area contributed by atoms with Crippen LogP contribution in [0.1, 0.15) is 30.9 Å². The van der Waals surface area contributed by atoms with Crippen LogP contribution in [0.4, 0.5) is 13.2 Å². The maximum Gasteiger partial charge on any atom is 0.223 e. The molecule has 0 radical (unpaired) electrons. The number of carbonyl (C=O) groups excluding carboxylic acids is 1. The molecule has 0 heterocycles. The molecule has 1 aliphatic rings. The number of hydrogen-bond donors (Lipinski definition) is 2. The van der Waals surface area contributed by atoms with Crippen LogP contribution in [0.15, 0.2) is 12.1 Å². The normalized spacial score (nSPS) is 16.8. The summed E-state index contributed by atoms with van der Waals surface area (Å²) in [6, 6.07) is 0.624. The molecule has 2 rings (SSSR count). The van der Waals surface area contributed by atoms with Gasteiger partial charge in [0, 0.05) is 5.92 Å². The number of aliphatic hydroxyl groups excluding tert-OH is 1. The highest BCUT2D eigenvalue weighted by Crippen LogP contribution is 2.27. The molecule has 1 aliphatic carbocycles. The largest absolute Gasteiger partial charge is 0.394 e. The van der Waals surface area contributed by atoms with Crippen LogP contribution in [0.3, 0.4) is 0 Å². The van der Waals surface area contributed by atoms with Gasteiger partial charge < -0.3 is 10.4 Å². The van der Waals surface area contributed by atoms with E-state index in [4.69, 9.17) is 0 Å². The van der Waals surface area contributed by atoms with Gasteiger partial charge in [0.05, 0.1) is 12.6 Å². The van der Waals surface area contributed by atoms with E-state index in [-0.39, 0.29) is 17.4 Å². The van der Waals surface area contributed by atoms with Crippen molar-refractivity contribution in [2.24, 2.45) is 5.92 Å². The van der Waals surface area contributed by atoms with E-state index in [2.05, 4.69) is 5.32 Å². The quantitative estimate of drug-likeness (QED) is 0.825. The molecule has 104 valence electrons. The Labute approximate surface area is 108 Å². The van der Waals surface area contributed by atoms with Crippen molar-refractivity contribution in [3.63, 3.8) is 0 Å². The molecule has 1 amide bonds. The summed E-state index contributed by atoms with van der Waals surface area (Å²) in [7, 11) is 0. The molecule has 1 aromatic rings. The Bertz CT molecular complexity index is 466. The van der Waals surface area contributed by atoms with E-state index in [1.807, 2.05) is 0 Å². The fourth-order valence-electron chi connectivity index (χ4n) is 1.97. The number of rotatable bonds is 4. The molecule has 2 N–H and O–H groups in total. The number of aliphatic hydroxyl groups is 1. The van der Waals surface area contributed by atoms with Gasteiger partial charge in [-0.2, -0.15) is 0 Å². The molecule has 1 unspecified atom stereocenters. The molecule has 1 fully saturated rings. The minimum Gasteiger partial charge on any atom is -0.394 e. The molecule has 0 aliphatic heterocycles. The second kappa shape index (κ2) is 5.61. The van der Waals surface area contributed by atoms with Crippen molar-refractivity contribution in [2.45, 2.75) is 25.3 Å². The monoisotopic (exact) mass is 273 g/mol. The van der Waals surface area contributed by atoms with Crippen molar-refractivity contribution in [1.29, 1.82) is 0 Å². The molecule has 0 spiro atoms. The van der Waals surface area contributed by atoms with Crippen LogP contribution in [-0.2, 0) is 4.79 Å². The molecule has 19 heavy (non-hydrogen) atoms. The molecule has 1 aromatic carbocycles. The fourth-order valence-corrected chi connectivity index (χ4v) is 1.97. The lowest BCUT2D eigenvalue weighted by molar-refractivity contribution is -0.128. The lowest BCUT2D eigenvalue weighted by atomic mass is 9.84. The van der Waals surface area contributed by atoms with Crippen LogP contribution in [-0.4, -0.2) is 17.6 Å². The first-order valence-corrected chi connectivity index (χ1v) is 6.08. The predicted octanol–water partition coefficient (Wildman–Crippen LogP) is 2.05. The Kier molecular flexibility index (Phi) is 4.09. The minimum atomic E-state index is -1.56. The van der Waals surface area contributed by atoms with Crippen LogP contribution in [0.2, 0.25) is 0 Å². The number of carbonyl (C=O) groups is 1. The zero-order valence-electron chi connectivity index (χ0n) is 10.1. The number of nitrogens with one attached hydrogen (secondary N) is 1. The first-order chi connectivity index (χ1) is 9.02. The van der Waals surface area contributed by atoms with Crippen molar-refractivity contribution in [1.82, 2.24) is 5.32 Å². The van der Waals surface area contributed by atoms with Gasteiger partial charge in [0.1, 0.15) is 0 Å². The topological polar surface area (TPSA) is 49.3 Å². The van der Waals surface area contributed by atoms with Crippen molar-refractivity contribution in [3.8, 4) is 0 Å². The highest BCUT2D eigenvalue weighted by atomic mass is 19.2. The first kappa shape index (κ1) is 13.9. The van der Waals surface area contributed by atoms with Crippen molar-refractivity contribution < 1.29 is 23.1 Å². The highest BCUT2D eigenvalue weighted by molar-refractivity contribution is 5.79. The van der Waals surface area contributed by atoms with E-state index in [9.17, 15) is 23.1 Å². The van der Waals surface area contributed by atoms with E-state index < -0.39 is 30.1 Å². The number of halogens is 3. The third kappa shape index (κ3) is 2.89. The Morgan fingerprint density at radius 2 is 1.89 bits per heavy atom. The number of benzene rings is 1. The number of hydrogen-bond acceptors (Lipinski definition) is 2. The summed E-state index contributed by atoms with van der Waals surface area (Å²) in [4.78, 5) is 11.7. The molecule has 0 saturated heterocycles. The second-order valence-corrected chi connectivity index (χ2v) is 4.67. The SMILES string of the molecule is O=C(NC(CO)c1cc(F)c(F)c(F)c1)C1CCC1. The Morgan fingerprint density at radius 3 is 2.32 bits per heavy atom. The molecule has 1 saturated carbocycles. The molecule has 0 aromatic heterocycles. The molecule has 1 atom stereocenters. The summed E-state index contributed by atoms with van der Waals surface area (Å²) < 4.78 is 39.0. The van der Waals surface area contributed by atoms with Crippen LogP contribution < -0.4 is 5.32 Å². The maximum atomic E-state index is 13.1. The third-order valence-electron chi connectivity index (χ3n) is 3.38. The molecular formula is C13H14F3NO2. The van der Waals surface area contributed by atoms with E-state index in [0.29, 0.717) is 0 Å². The fraction of sp³-hybridized carbons (Fsp3) is 0.462. The van der Waals surface area contributed by atoms with Crippen molar-refractivity contribution >= 4 is 5.91 Å². The van der Waals surface area contributed by atoms with Crippen LogP contribution in [0, 0.1) is 23.4 Å². The summed E-state index contributed by atoms with van der Waals surface area (Å²) in [6.07, 6.45) is 2.52. The molecule has 3 nitrogen and oxygen atoms in total. The van der Waals surface area contributed by atoms with Gasteiger partial charge in [0.15, 0.2) is 17.5 Å². The number of amides is 1. The average Bonchev–Trinajstić information content (AvgIpc) is 2.30. The minimum absolute atomic E-state index is 0.00609. The maximum absolute atomic E-state index is 13.1. The zero-order valence-corrected chi connectivity index (χ0v) is 10.1. The lowest BCUT2D eigenvalue weighted by Gasteiger charge is -2.27. The van der Waals surface area contributed by atoms with Gasteiger partial charge >= 0.3 is 0 Å². The van der Waals surface area contributed by atoms with Gasteiger partial charge in [0.25, 0.3) is 0 Å². The van der Waals surface area contributed by atoms with Gasteiger partial charge in [-0.05, 0) is 30.5 Å². The summed E-state index contributed by atoms with van der Waals surface area (Å²) in [6.45, 7) is -0.511. The predicted molar refractivity (Wildman–Crippen MR) is 61.6 cm³/mol. The Morgan fingerprint density at radius 1 is 1.32 bits per heavy atom. The zero-order chi connectivity index (χ0) is 14.0. The van der Waals surface area contributed by atoms with E-state index >= 15 is 0 Å². The summed E-state index contributed by atoms with van der Waals surface area (Å²) in [5.74, 6) is -4.61. The van der Waals surface area contributed by atoms with E-state index in [0.717, 1.165) is 31.4 Å². The van der Waals surface area contributed by atoms with Gasteiger partial charge in [-0.1, -0.05) is 6.42 Å². The van der Waals surface area contributed by atoms with Crippen molar-refractivity contribution in [3.05, 3.63) is 35.1 Å². The average molecular weight is 273 g/mol. The second-order valence-electron chi connectivity index (χ2n) is 4.67. The molecule has 0 bridgehead atoms. The van der Waals surface area contributed by atoms with Crippen molar-refractivity contribution in [2.75, 3.05) is 6.61 Å². The third-order valence-corrected chi connectivity index (χ3v) is 3.38. The lowest BCUT2D eigenvalue weighted by Crippen LogP contribution is -2.38. The Balaban J connectivity index is 2.14. The van der Waals surface area contributed by atoms with Gasteiger partial charge in [-0.3, -0.25) is 4.79 Å². The Hall–Kier alpha value is -1.56.